The third-order valence-corrected chi connectivity index (χ3v) is 2.61. The number of hydrogen-bond acceptors (Lipinski definition) is 4. The third-order valence-electron chi connectivity index (χ3n) is 2.61. The molecule has 0 amide bonds. The molecule has 6 heteroatoms. The van der Waals surface area contributed by atoms with Crippen LogP contribution >= 0.6 is 0 Å². The molecule has 2 aromatic rings. The Morgan fingerprint density at radius 1 is 1.47 bits per heavy atom. The predicted octanol–water partition coefficient (Wildman–Crippen LogP) is 1.07. The van der Waals surface area contributed by atoms with Crippen molar-refractivity contribution in [3.05, 3.63) is 47.5 Å². The lowest BCUT2D eigenvalue weighted by atomic mass is 10.3. The van der Waals surface area contributed by atoms with Gasteiger partial charge in [0.2, 0.25) is 0 Å². The van der Waals surface area contributed by atoms with Crippen molar-refractivity contribution in [2.75, 3.05) is 6.54 Å². The molecule has 2 heterocycles. The Bertz CT molecular complexity index is 565. The van der Waals surface area contributed by atoms with E-state index in [1.54, 1.807) is 12.1 Å². The molecule has 0 unspecified atom stereocenters. The first-order chi connectivity index (χ1) is 9.15. The average Bonchev–Trinajstić information content (AvgIpc) is 2.81. The minimum absolute atomic E-state index is 0.0713. The van der Waals surface area contributed by atoms with Crippen LogP contribution in [0, 0.1) is 6.92 Å². The summed E-state index contributed by atoms with van der Waals surface area (Å²) in [7, 11) is 0. The second kappa shape index (κ2) is 6.10. The van der Waals surface area contributed by atoms with Gasteiger partial charge in [0.1, 0.15) is 5.69 Å². The zero-order valence-corrected chi connectivity index (χ0v) is 10.7. The Hall–Kier alpha value is -2.21. The topological polar surface area (TPSA) is 80.0 Å². The van der Waals surface area contributed by atoms with Crippen molar-refractivity contribution in [2.24, 2.45) is 0 Å². The second-order valence-electron chi connectivity index (χ2n) is 4.28. The second-order valence-corrected chi connectivity index (χ2v) is 4.28. The van der Waals surface area contributed by atoms with Crippen molar-refractivity contribution in [3.63, 3.8) is 0 Å². The van der Waals surface area contributed by atoms with Crippen LogP contribution in [0.2, 0.25) is 0 Å². The Labute approximate surface area is 111 Å². The van der Waals surface area contributed by atoms with Gasteiger partial charge in [0.25, 0.3) is 0 Å². The highest BCUT2D eigenvalue weighted by atomic mass is 16.4. The quantitative estimate of drug-likeness (QED) is 0.759. The number of carboxylic acids is 1. The van der Waals surface area contributed by atoms with Gasteiger partial charge in [0, 0.05) is 19.3 Å². The summed E-state index contributed by atoms with van der Waals surface area (Å²) in [5, 5.41) is 16.2. The maximum Gasteiger partial charge on any atom is 0.354 e. The average molecular weight is 260 g/mol. The van der Waals surface area contributed by atoms with Crippen LogP contribution < -0.4 is 5.32 Å². The molecule has 0 radical (unpaired) electrons. The number of pyridine rings is 1. The maximum atomic E-state index is 10.8. The summed E-state index contributed by atoms with van der Waals surface area (Å²) >= 11 is 0. The smallest absolute Gasteiger partial charge is 0.354 e. The van der Waals surface area contributed by atoms with Crippen molar-refractivity contribution in [1.29, 1.82) is 0 Å². The fraction of sp³-hybridized carbons (Fsp3) is 0.308. The summed E-state index contributed by atoms with van der Waals surface area (Å²) in [6.07, 6.45) is 3.79. The highest BCUT2D eigenvalue weighted by Gasteiger charge is 2.04. The van der Waals surface area contributed by atoms with Crippen LogP contribution in [0.3, 0.4) is 0 Å². The highest BCUT2D eigenvalue weighted by Crippen LogP contribution is 1.99. The molecular weight excluding hydrogens is 244 g/mol. The van der Waals surface area contributed by atoms with Crippen molar-refractivity contribution in [1.82, 2.24) is 20.1 Å². The molecule has 0 aliphatic carbocycles. The van der Waals surface area contributed by atoms with Crippen LogP contribution in [0.1, 0.15) is 21.7 Å². The van der Waals surface area contributed by atoms with E-state index in [1.165, 1.54) is 6.07 Å². The molecule has 0 aliphatic rings. The van der Waals surface area contributed by atoms with Crippen molar-refractivity contribution >= 4 is 5.97 Å². The molecule has 2 aromatic heterocycles. The van der Waals surface area contributed by atoms with Crippen LogP contribution in [-0.4, -0.2) is 32.4 Å². The van der Waals surface area contributed by atoms with Crippen LogP contribution in [0.15, 0.2) is 30.6 Å². The summed E-state index contributed by atoms with van der Waals surface area (Å²) in [6, 6.07) is 4.99. The zero-order chi connectivity index (χ0) is 13.7. The Morgan fingerprint density at radius 2 is 2.32 bits per heavy atom. The molecule has 100 valence electrons. The van der Waals surface area contributed by atoms with Gasteiger partial charge in [-0.15, -0.1) is 0 Å². The maximum absolute atomic E-state index is 10.8. The van der Waals surface area contributed by atoms with E-state index in [-0.39, 0.29) is 5.69 Å². The molecule has 2 rings (SSSR count). The molecule has 0 atom stereocenters. The van der Waals surface area contributed by atoms with Gasteiger partial charge >= 0.3 is 5.97 Å². The van der Waals surface area contributed by atoms with E-state index in [0.29, 0.717) is 6.54 Å². The van der Waals surface area contributed by atoms with Gasteiger partial charge in [-0.1, -0.05) is 6.07 Å². The SMILES string of the molecule is Cc1cnn(CCNCc2cccc(C(=O)O)n2)c1. The standard InChI is InChI=1S/C13H16N4O2/c1-10-7-15-17(9-10)6-5-14-8-11-3-2-4-12(16-11)13(18)19/h2-4,7,9,14H,5-6,8H2,1H3,(H,18,19). The van der Waals surface area contributed by atoms with Crippen LogP contribution in [0.25, 0.3) is 0 Å². The van der Waals surface area contributed by atoms with E-state index in [2.05, 4.69) is 15.4 Å². The van der Waals surface area contributed by atoms with E-state index >= 15 is 0 Å². The first-order valence-corrected chi connectivity index (χ1v) is 6.04. The Balaban J connectivity index is 1.79. The summed E-state index contributed by atoms with van der Waals surface area (Å²) in [5.74, 6) is -1.01. The molecule has 0 saturated heterocycles. The monoisotopic (exact) mass is 260 g/mol. The number of rotatable bonds is 6. The highest BCUT2D eigenvalue weighted by molar-refractivity contribution is 5.85. The van der Waals surface area contributed by atoms with Gasteiger partial charge in [-0.05, 0) is 24.6 Å². The molecular formula is C13H16N4O2. The lowest BCUT2D eigenvalue weighted by molar-refractivity contribution is 0.0690. The fourth-order valence-corrected chi connectivity index (χ4v) is 1.70. The lowest BCUT2D eigenvalue weighted by Crippen LogP contribution is -2.20. The number of aromatic nitrogens is 3. The number of carboxylic acid groups (broad SMARTS) is 1. The molecule has 0 aromatic carbocycles. The number of nitrogens with zero attached hydrogens (tertiary/aromatic N) is 3. The van der Waals surface area contributed by atoms with E-state index < -0.39 is 5.97 Å². The predicted molar refractivity (Wildman–Crippen MR) is 69.9 cm³/mol. The Morgan fingerprint density at radius 3 is 3.00 bits per heavy atom. The third kappa shape index (κ3) is 3.89. The molecule has 0 spiro atoms. The van der Waals surface area contributed by atoms with Crippen LogP contribution in [-0.2, 0) is 13.1 Å². The first kappa shape index (κ1) is 13.2. The summed E-state index contributed by atoms with van der Waals surface area (Å²) in [4.78, 5) is 14.8. The molecule has 19 heavy (non-hydrogen) atoms. The number of nitrogens with one attached hydrogen (secondary N) is 1. The number of hydrogen-bond donors (Lipinski definition) is 2. The number of carbonyl (C=O) groups is 1. The largest absolute Gasteiger partial charge is 0.477 e. The van der Waals surface area contributed by atoms with Crippen molar-refractivity contribution < 1.29 is 9.90 Å². The Kier molecular flexibility index (Phi) is 4.25. The van der Waals surface area contributed by atoms with Gasteiger partial charge < -0.3 is 10.4 Å². The molecule has 2 N–H and O–H groups in total. The van der Waals surface area contributed by atoms with Gasteiger partial charge in [-0.2, -0.15) is 5.10 Å². The van der Waals surface area contributed by atoms with Gasteiger partial charge in [0.05, 0.1) is 18.4 Å². The molecule has 0 aliphatic heterocycles. The van der Waals surface area contributed by atoms with E-state index in [9.17, 15) is 4.79 Å². The molecule has 0 saturated carbocycles. The molecule has 6 nitrogen and oxygen atoms in total. The normalized spacial score (nSPS) is 10.6. The fourth-order valence-electron chi connectivity index (χ4n) is 1.70. The van der Waals surface area contributed by atoms with E-state index in [4.69, 9.17) is 5.11 Å². The van der Waals surface area contributed by atoms with Crippen molar-refractivity contribution in [3.8, 4) is 0 Å². The van der Waals surface area contributed by atoms with Gasteiger partial charge in [0.15, 0.2) is 0 Å². The minimum Gasteiger partial charge on any atom is -0.477 e. The minimum atomic E-state index is -1.01. The van der Waals surface area contributed by atoms with Gasteiger partial charge in [-0.3, -0.25) is 4.68 Å². The molecule has 0 bridgehead atoms. The summed E-state index contributed by atoms with van der Waals surface area (Å²) in [5.41, 5.74) is 1.93. The van der Waals surface area contributed by atoms with Crippen LogP contribution in [0.5, 0.6) is 0 Å². The van der Waals surface area contributed by atoms with Gasteiger partial charge in [-0.25, -0.2) is 9.78 Å². The summed E-state index contributed by atoms with van der Waals surface area (Å²) in [6.45, 7) is 4.06. The molecule has 0 fully saturated rings. The first-order valence-electron chi connectivity index (χ1n) is 6.04. The van der Waals surface area contributed by atoms with E-state index in [0.717, 1.165) is 24.3 Å². The van der Waals surface area contributed by atoms with Crippen LogP contribution in [0.4, 0.5) is 0 Å². The van der Waals surface area contributed by atoms with Crippen molar-refractivity contribution in [2.45, 2.75) is 20.0 Å². The zero-order valence-electron chi connectivity index (χ0n) is 10.7. The number of aromatic carboxylic acids is 1. The number of aryl methyl sites for hydroxylation is 1. The lowest BCUT2D eigenvalue weighted by Gasteiger charge is -2.05. The summed E-state index contributed by atoms with van der Waals surface area (Å²) < 4.78 is 1.86. The van der Waals surface area contributed by atoms with E-state index in [1.807, 2.05) is 24.0 Å².